The minimum absolute atomic E-state index is 0.105. The molecule has 38 heavy (non-hydrogen) atoms. The first-order valence-corrected chi connectivity index (χ1v) is 15.9. The number of nitrogens with zero attached hydrogens (tertiary/aromatic N) is 4. The predicted molar refractivity (Wildman–Crippen MR) is 135 cm³/mol. The lowest BCUT2D eigenvalue weighted by Crippen LogP contribution is -2.35. The minimum atomic E-state index is -4.23. The quantitative estimate of drug-likeness (QED) is 0.137. The molecule has 2 aromatic heterocycles. The number of imidazole rings is 1. The molecule has 214 valence electrons. The second-order valence-corrected chi connectivity index (χ2v) is 12.9. The summed E-state index contributed by atoms with van der Waals surface area (Å²) in [5, 5.41) is 20.8. The lowest BCUT2D eigenvalue weighted by molar-refractivity contribution is -0.135. The fraction of sp³-hybridized carbons (Fsp3) is 0.684. The summed E-state index contributed by atoms with van der Waals surface area (Å²) in [7, 11) is -8.37. The zero-order valence-electron chi connectivity index (χ0n) is 20.3. The van der Waals surface area contributed by atoms with Crippen molar-refractivity contribution in [2.45, 2.75) is 49.8 Å². The molecule has 3 rings (SSSR count). The molecule has 2 aromatic rings. The summed E-state index contributed by atoms with van der Waals surface area (Å²) in [6.45, 7) is -0.606. The first kappa shape index (κ1) is 30.4. The van der Waals surface area contributed by atoms with Crippen LogP contribution in [0.2, 0.25) is 0 Å². The predicted octanol–water partition coefficient (Wildman–Crippen LogP) is -1.89. The summed E-state index contributed by atoms with van der Waals surface area (Å²) < 4.78 is 64.8. The summed E-state index contributed by atoms with van der Waals surface area (Å²) in [4.78, 5) is 23.7. The lowest BCUT2D eigenvalue weighted by atomic mass is 10.1. The van der Waals surface area contributed by atoms with E-state index in [-0.39, 0.29) is 36.2 Å². The van der Waals surface area contributed by atoms with Gasteiger partial charge in [-0.15, -0.1) is 0 Å². The first-order chi connectivity index (χ1) is 17.8. The number of nitrogen functional groups attached to an aromatic ring is 1. The van der Waals surface area contributed by atoms with E-state index in [1.165, 1.54) is 29.0 Å². The Balaban J connectivity index is 1.46. The van der Waals surface area contributed by atoms with Crippen LogP contribution < -0.4 is 11.5 Å². The zero-order valence-corrected chi connectivity index (χ0v) is 22.8. The average Bonchev–Trinajstić information content (AvgIpc) is 3.40. The molecule has 0 aromatic carbocycles. The highest BCUT2D eigenvalue weighted by Crippen LogP contribution is 2.32. The number of fused-ring (bicyclic) bond motifs is 1. The van der Waals surface area contributed by atoms with Crippen LogP contribution >= 0.6 is 11.8 Å². The molecule has 6 N–H and O–H groups in total. The maximum absolute atomic E-state index is 12.3. The standard InChI is InChI=1S/C19H30N6O10S3/c1-36-5-4-11(20)19(28)35-38(31,32)7-3-2-6-37(29,30)33-8-12-14(26)15(27)18(34-12)25-10-24-13-16(21)22-9-23-17(13)25/h9-12,14-15,18,26-27H,2-8,20H2,1H3,(H2,21,22,23)/t11-,12+,14+,15+,18+/m0/s1. The molecule has 0 aliphatic carbocycles. The summed E-state index contributed by atoms with van der Waals surface area (Å²) in [5.41, 5.74) is 11.8. The third-order valence-electron chi connectivity index (χ3n) is 5.59. The summed E-state index contributed by atoms with van der Waals surface area (Å²) in [6.07, 6.45) is -0.999. The highest BCUT2D eigenvalue weighted by molar-refractivity contribution is 7.98. The number of rotatable bonds is 14. The van der Waals surface area contributed by atoms with Gasteiger partial charge in [0, 0.05) is 0 Å². The molecule has 3 heterocycles. The van der Waals surface area contributed by atoms with Gasteiger partial charge in [-0.05, 0) is 31.3 Å². The molecule has 0 spiro atoms. The van der Waals surface area contributed by atoms with Crippen molar-refractivity contribution in [1.29, 1.82) is 0 Å². The van der Waals surface area contributed by atoms with Gasteiger partial charge in [0.1, 0.15) is 36.2 Å². The van der Waals surface area contributed by atoms with Crippen LogP contribution in [0.1, 0.15) is 25.5 Å². The monoisotopic (exact) mass is 598 g/mol. The van der Waals surface area contributed by atoms with E-state index < -0.39 is 74.9 Å². The Kier molecular flexibility index (Phi) is 10.3. The number of hydrogen-bond donors (Lipinski definition) is 4. The average molecular weight is 599 g/mol. The number of hydrogen-bond acceptors (Lipinski definition) is 16. The van der Waals surface area contributed by atoms with Crippen LogP contribution in [0, 0.1) is 0 Å². The maximum atomic E-state index is 12.3. The Labute approximate surface area is 223 Å². The van der Waals surface area contributed by atoms with E-state index in [1.54, 1.807) is 0 Å². The molecule has 1 aliphatic heterocycles. The van der Waals surface area contributed by atoms with Crippen molar-refractivity contribution in [1.82, 2.24) is 19.5 Å². The number of carbonyl (C=O) groups is 1. The Morgan fingerprint density at radius 3 is 2.53 bits per heavy atom. The van der Waals surface area contributed by atoms with Crippen molar-refractivity contribution in [3.05, 3.63) is 12.7 Å². The number of unbranched alkanes of at least 4 members (excludes halogenated alkanes) is 1. The third kappa shape index (κ3) is 7.72. The van der Waals surface area contributed by atoms with Gasteiger partial charge in [0.25, 0.3) is 10.1 Å². The summed E-state index contributed by atoms with van der Waals surface area (Å²) in [6, 6.07) is -1.07. The molecule has 0 amide bonds. The van der Waals surface area contributed by atoms with Crippen molar-refractivity contribution in [3.8, 4) is 0 Å². The molecule has 0 bridgehead atoms. The van der Waals surface area contributed by atoms with Gasteiger partial charge in [-0.1, -0.05) is 0 Å². The first-order valence-electron chi connectivity index (χ1n) is 11.4. The zero-order chi connectivity index (χ0) is 28.1. The van der Waals surface area contributed by atoms with Crippen molar-refractivity contribution < 1.29 is 44.9 Å². The van der Waals surface area contributed by atoms with Gasteiger partial charge in [0.2, 0.25) is 0 Å². The molecule has 1 aliphatic rings. The summed E-state index contributed by atoms with van der Waals surface area (Å²) >= 11 is 1.44. The number of ether oxygens (including phenoxy) is 1. The number of carbonyl (C=O) groups excluding carboxylic acids is 1. The van der Waals surface area contributed by atoms with Crippen LogP contribution in [-0.2, 0) is 38.1 Å². The number of aromatic nitrogens is 4. The molecular formula is C19H30N6O10S3. The second kappa shape index (κ2) is 12.8. The molecule has 1 saturated heterocycles. The fourth-order valence-corrected chi connectivity index (χ4v) is 6.05. The van der Waals surface area contributed by atoms with Crippen LogP contribution in [0.5, 0.6) is 0 Å². The van der Waals surface area contributed by atoms with E-state index in [1.807, 2.05) is 6.26 Å². The molecule has 0 unspecified atom stereocenters. The topological polar surface area (TPSA) is 249 Å². The van der Waals surface area contributed by atoms with E-state index in [0.29, 0.717) is 5.75 Å². The molecule has 1 fully saturated rings. The van der Waals surface area contributed by atoms with Gasteiger partial charge in [-0.25, -0.2) is 19.7 Å². The van der Waals surface area contributed by atoms with Crippen LogP contribution in [0.4, 0.5) is 5.82 Å². The van der Waals surface area contributed by atoms with Crippen LogP contribution in [-0.4, -0.2) is 107 Å². The Bertz CT molecular complexity index is 1320. The highest BCUT2D eigenvalue weighted by Gasteiger charge is 2.45. The molecule has 5 atom stereocenters. The summed E-state index contributed by atoms with van der Waals surface area (Å²) in [5.74, 6) is -1.53. The lowest BCUT2D eigenvalue weighted by Gasteiger charge is -2.16. The van der Waals surface area contributed by atoms with Gasteiger partial charge >= 0.3 is 16.1 Å². The van der Waals surface area contributed by atoms with Crippen LogP contribution in [0.25, 0.3) is 11.2 Å². The molecule has 16 nitrogen and oxygen atoms in total. The SMILES string of the molecule is CSCC[C@H](N)C(=O)OS(=O)(=O)CCCCS(=O)(=O)OC[C@H]1O[C@@H](n2cnc3c(N)ncnc32)[C@H](O)[C@@H]1O. The van der Waals surface area contributed by atoms with E-state index in [4.69, 9.17) is 20.4 Å². The number of thioether (sulfide) groups is 1. The van der Waals surface area contributed by atoms with Gasteiger partial charge in [-0.3, -0.25) is 8.75 Å². The van der Waals surface area contributed by atoms with Gasteiger partial charge in [0.05, 0.1) is 24.4 Å². The molecule has 0 saturated carbocycles. The van der Waals surface area contributed by atoms with Crippen molar-refractivity contribution in [2.75, 3.05) is 35.9 Å². The van der Waals surface area contributed by atoms with Crippen LogP contribution in [0.15, 0.2) is 12.7 Å². The Morgan fingerprint density at radius 1 is 1.16 bits per heavy atom. The number of aliphatic hydroxyl groups excluding tert-OH is 2. The van der Waals surface area contributed by atoms with Crippen molar-refractivity contribution >= 4 is 54.9 Å². The van der Waals surface area contributed by atoms with E-state index in [2.05, 4.69) is 19.1 Å². The normalized spacial score (nSPS) is 23.1. The van der Waals surface area contributed by atoms with Gasteiger partial charge in [0.15, 0.2) is 17.7 Å². The smallest absolute Gasteiger partial charge is 0.338 e. The minimum Gasteiger partial charge on any atom is -0.387 e. The van der Waals surface area contributed by atoms with E-state index in [0.717, 1.165) is 0 Å². The molecular weight excluding hydrogens is 568 g/mol. The largest absolute Gasteiger partial charge is 0.387 e. The highest BCUT2D eigenvalue weighted by atomic mass is 32.2. The second-order valence-electron chi connectivity index (χ2n) is 8.43. The van der Waals surface area contributed by atoms with Crippen LogP contribution in [0.3, 0.4) is 0 Å². The number of aliphatic hydroxyl groups is 2. The van der Waals surface area contributed by atoms with Crippen molar-refractivity contribution in [3.63, 3.8) is 0 Å². The molecule has 0 radical (unpaired) electrons. The Morgan fingerprint density at radius 2 is 1.84 bits per heavy atom. The van der Waals surface area contributed by atoms with E-state index in [9.17, 15) is 31.8 Å². The number of anilines is 1. The Hall–Kier alpha value is -2.13. The third-order valence-corrected chi connectivity index (χ3v) is 8.73. The fourth-order valence-electron chi connectivity index (χ4n) is 3.53. The van der Waals surface area contributed by atoms with Gasteiger partial charge in [-0.2, -0.15) is 28.6 Å². The van der Waals surface area contributed by atoms with Gasteiger partial charge < -0.3 is 30.6 Å². The maximum Gasteiger partial charge on any atom is 0.338 e. The van der Waals surface area contributed by atoms with E-state index >= 15 is 0 Å². The number of nitrogens with two attached hydrogens (primary N) is 2. The van der Waals surface area contributed by atoms with Crippen molar-refractivity contribution in [2.24, 2.45) is 5.73 Å². The molecule has 19 heteroatoms.